The number of hydrogen-bond acceptors (Lipinski definition) is 2. The molecule has 0 aromatic carbocycles. The third-order valence-corrected chi connectivity index (χ3v) is 3.52. The van der Waals surface area contributed by atoms with Crippen molar-refractivity contribution in [3.05, 3.63) is 23.4 Å². The fourth-order valence-electron chi connectivity index (χ4n) is 2.53. The molecule has 2 fully saturated rings. The van der Waals surface area contributed by atoms with E-state index >= 15 is 0 Å². The van der Waals surface area contributed by atoms with Crippen LogP contribution < -0.4 is 5.32 Å². The van der Waals surface area contributed by atoms with Crippen LogP contribution in [-0.2, 0) is 0 Å². The van der Waals surface area contributed by atoms with E-state index < -0.39 is 0 Å². The zero-order chi connectivity index (χ0) is 9.54. The van der Waals surface area contributed by atoms with Crippen molar-refractivity contribution in [3.63, 3.8) is 0 Å². The summed E-state index contributed by atoms with van der Waals surface area (Å²) in [6.45, 7) is 0. The Hall–Kier alpha value is -0.760. The average Bonchev–Trinajstić information content (AvgIpc) is 2.74. The summed E-state index contributed by atoms with van der Waals surface area (Å²) < 4.78 is 0. The second-order valence-electron chi connectivity index (χ2n) is 4.41. The molecule has 2 aliphatic carbocycles. The maximum atomic E-state index is 5.82. The second kappa shape index (κ2) is 3.13. The van der Waals surface area contributed by atoms with Gasteiger partial charge in [-0.1, -0.05) is 17.7 Å². The Morgan fingerprint density at radius 3 is 2.71 bits per heavy atom. The van der Waals surface area contributed by atoms with Crippen LogP contribution in [0.3, 0.4) is 0 Å². The van der Waals surface area contributed by atoms with E-state index in [2.05, 4.69) is 10.3 Å². The lowest BCUT2D eigenvalue weighted by atomic mass is 10.1. The zero-order valence-electron chi connectivity index (χ0n) is 7.91. The summed E-state index contributed by atoms with van der Waals surface area (Å²) in [5.74, 6) is 2.93. The molecule has 74 valence electrons. The van der Waals surface area contributed by atoms with Crippen LogP contribution in [0.4, 0.5) is 5.82 Å². The van der Waals surface area contributed by atoms with Crippen molar-refractivity contribution in [2.75, 3.05) is 5.32 Å². The fourth-order valence-corrected chi connectivity index (χ4v) is 2.69. The van der Waals surface area contributed by atoms with Gasteiger partial charge in [0.2, 0.25) is 0 Å². The van der Waals surface area contributed by atoms with Crippen LogP contribution >= 0.6 is 11.6 Å². The number of aromatic nitrogens is 1. The molecule has 14 heavy (non-hydrogen) atoms. The van der Waals surface area contributed by atoms with E-state index in [1.165, 1.54) is 19.3 Å². The monoisotopic (exact) mass is 208 g/mol. The number of hydrogen-bond donors (Lipinski definition) is 1. The van der Waals surface area contributed by atoms with Gasteiger partial charge in [0.25, 0.3) is 0 Å². The number of rotatable bonds is 2. The van der Waals surface area contributed by atoms with Crippen molar-refractivity contribution in [1.82, 2.24) is 4.98 Å². The highest BCUT2D eigenvalue weighted by atomic mass is 35.5. The minimum absolute atomic E-state index is 0.568. The van der Waals surface area contributed by atoms with E-state index in [1.54, 1.807) is 6.07 Å². The maximum absolute atomic E-state index is 5.82. The van der Waals surface area contributed by atoms with E-state index in [9.17, 15) is 0 Å². The molecule has 0 amide bonds. The van der Waals surface area contributed by atoms with Crippen LogP contribution in [0.25, 0.3) is 0 Å². The standard InChI is InChI=1S/C11H13ClN2/c12-10-2-1-3-11(14-10)13-9-5-7-4-8(7)6-9/h1-3,7-9H,4-6H2,(H,13,14). The van der Waals surface area contributed by atoms with Gasteiger partial charge in [0.1, 0.15) is 11.0 Å². The van der Waals surface area contributed by atoms with E-state index in [1.807, 2.05) is 12.1 Å². The molecular formula is C11H13ClN2. The topological polar surface area (TPSA) is 24.9 Å². The smallest absolute Gasteiger partial charge is 0.131 e. The van der Waals surface area contributed by atoms with Gasteiger partial charge in [0.15, 0.2) is 0 Å². The van der Waals surface area contributed by atoms with Gasteiger partial charge in [0, 0.05) is 6.04 Å². The average molecular weight is 209 g/mol. The SMILES string of the molecule is Clc1cccc(NC2CC3CC3C2)n1. The fraction of sp³-hybridized carbons (Fsp3) is 0.545. The Bertz CT molecular complexity index is 343. The molecular weight excluding hydrogens is 196 g/mol. The largest absolute Gasteiger partial charge is 0.367 e. The first kappa shape index (κ1) is 8.54. The summed E-state index contributed by atoms with van der Waals surface area (Å²) >= 11 is 5.82. The van der Waals surface area contributed by atoms with Crippen LogP contribution in [0.5, 0.6) is 0 Å². The normalized spacial score (nSPS) is 33.9. The Morgan fingerprint density at radius 1 is 1.21 bits per heavy atom. The molecule has 1 aromatic rings. The van der Waals surface area contributed by atoms with Gasteiger partial charge in [-0.15, -0.1) is 0 Å². The summed E-state index contributed by atoms with van der Waals surface area (Å²) in [6, 6.07) is 6.35. The highest BCUT2D eigenvalue weighted by Crippen LogP contribution is 2.52. The van der Waals surface area contributed by atoms with Crippen molar-refractivity contribution >= 4 is 17.4 Å². The van der Waals surface area contributed by atoms with Crippen molar-refractivity contribution < 1.29 is 0 Å². The molecule has 0 bridgehead atoms. The number of halogens is 1. The Labute approximate surface area is 88.7 Å². The number of nitrogens with one attached hydrogen (secondary N) is 1. The second-order valence-corrected chi connectivity index (χ2v) is 4.80. The molecule has 3 heteroatoms. The van der Waals surface area contributed by atoms with Crippen molar-refractivity contribution in [3.8, 4) is 0 Å². The number of pyridine rings is 1. The zero-order valence-corrected chi connectivity index (χ0v) is 8.67. The van der Waals surface area contributed by atoms with Crippen LogP contribution in [0.2, 0.25) is 5.15 Å². The van der Waals surface area contributed by atoms with E-state index in [4.69, 9.17) is 11.6 Å². The van der Waals surface area contributed by atoms with Gasteiger partial charge in [-0.25, -0.2) is 4.98 Å². The van der Waals surface area contributed by atoms with E-state index in [0.717, 1.165) is 17.7 Å². The molecule has 0 radical (unpaired) electrons. The molecule has 0 saturated heterocycles. The van der Waals surface area contributed by atoms with Gasteiger partial charge in [-0.3, -0.25) is 0 Å². The first-order chi connectivity index (χ1) is 6.81. The van der Waals surface area contributed by atoms with Crippen LogP contribution in [-0.4, -0.2) is 11.0 Å². The molecule has 1 N–H and O–H groups in total. The summed E-state index contributed by atoms with van der Waals surface area (Å²) in [4.78, 5) is 4.23. The first-order valence-corrected chi connectivity index (χ1v) is 5.58. The van der Waals surface area contributed by atoms with Crippen molar-refractivity contribution in [1.29, 1.82) is 0 Å². The minimum atomic E-state index is 0.568. The molecule has 1 heterocycles. The lowest BCUT2D eigenvalue weighted by molar-refractivity contribution is 0.649. The van der Waals surface area contributed by atoms with Crippen LogP contribution in [0.1, 0.15) is 19.3 Å². The molecule has 0 aliphatic heterocycles. The molecule has 3 rings (SSSR count). The summed E-state index contributed by atoms with van der Waals surface area (Å²) in [5.41, 5.74) is 0. The van der Waals surface area contributed by atoms with Gasteiger partial charge in [-0.2, -0.15) is 0 Å². The number of anilines is 1. The Morgan fingerprint density at radius 2 is 2.00 bits per heavy atom. The Balaban J connectivity index is 1.66. The van der Waals surface area contributed by atoms with Crippen molar-refractivity contribution in [2.24, 2.45) is 11.8 Å². The van der Waals surface area contributed by atoms with Gasteiger partial charge in [-0.05, 0) is 43.2 Å². The molecule has 2 atom stereocenters. The Kier molecular flexibility index (Phi) is 1.91. The van der Waals surface area contributed by atoms with Gasteiger partial charge >= 0.3 is 0 Å². The number of nitrogens with zero attached hydrogens (tertiary/aromatic N) is 1. The molecule has 2 nitrogen and oxygen atoms in total. The van der Waals surface area contributed by atoms with E-state index in [-0.39, 0.29) is 0 Å². The lowest BCUT2D eigenvalue weighted by Gasteiger charge is -2.14. The summed E-state index contributed by atoms with van der Waals surface area (Å²) in [5, 5.41) is 4.01. The first-order valence-electron chi connectivity index (χ1n) is 5.20. The number of fused-ring (bicyclic) bond motifs is 1. The molecule has 1 aromatic heterocycles. The highest BCUT2D eigenvalue weighted by Gasteiger charge is 2.45. The van der Waals surface area contributed by atoms with Crippen LogP contribution in [0, 0.1) is 11.8 Å². The molecule has 2 unspecified atom stereocenters. The molecule has 0 spiro atoms. The summed E-state index contributed by atoms with van der Waals surface area (Å²) in [7, 11) is 0. The third-order valence-electron chi connectivity index (χ3n) is 3.31. The molecule has 2 saturated carbocycles. The van der Waals surface area contributed by atoms with Gasteiger partial charge in [0.05, 0.1) is 0 Å². The third kappa shape index (κ3) is 1.59. The van der Waals surface area contributed by atoms with Gasteiger partial charge < -0.3 is 5.32 Å². The minimum Gasteiger partial charge on any atom is -0.367 e. The van der Waals surface area contributed by atoms with Crippen LogP contribution in [0.15, 0.2) is 18.2 Å². The van der Waals surface area contributed by atoms with Crippen molar-refractivity contribution in [2.45, 2.75) is 25.3 Å². The van der Waals surface area contributed by atoms with E-state index in [0.29, 0.717) is 11.2 Å². The maximum Gasteiger partial charge on any atom is 0.131 e. The molecule has 2 aliphatic rings. The lowest BCUT2D eigenvalue weighted by Crippen LogP contribution is -2.17. The highest BCUT2D eigenvalue weighted by molar-refractivity contribution is 6.29. The predicted molar refractivity (Wildman–Crippen MR) is 57.5 cm³/mol. The predicted octanol–water partition coefficient (Wildman–Crippen LogP) is 2.95. The quantitative estimate of drug-likeness (QED) is 0.756. The summed E-state index contributed by atoms with van der Waals surface area (Å²) in [6.07, 6.45) is 4.10.